The molecule has 1 aromatic heterocycles. The molecule has 4 aromatic rings. The molecule has 172 valence electrons. The van der Waals surface area contributed by atoms with Crippen molar-refractivity contribution in [2.75, 3.05) is 24.3 Å². The third-order valence-electron chi connectivity index (χ3n) is 5.17. The van der Waals surface area contributed by atoms with Crippen LogP contribution in [0.3, 0.4) is 0 Å². The van der Waals surface area contributed by atoms with Crippen LogP contribution in [0.2, 0.25) is 5.02 Å². The predicted molar refractivity (Wildman–Crippen MR) is 133 cm³/mol. The summed E-state index contributed by atoms with van der Waals surface area (Å²) >= 11 is 7.76. The third kappa shape index (κ3) is 5.03. The third-order valence-corrected chi connectivity index (χ3v) is 6.47. The van der Waals surface area contributed by atoms with E-state index in [2.05, 4.69) is 15.5 Å². The van der Waals surface area contributed by atoms with Crippen LogP contribution in [0.4, 0.5) is 5.69 Å². The fourth-order valence-electron chi connectivity index (χ4n) is 3.59. The molecule has 0 unspecified atom stereocenters. The predicted octanol–water partition coefficient (Wildman–Crippen LogP) is 5.15. The molecule has 0 bridgehead atoms. The Morgan fingerprint density at radius 1 is 0.971 bits per heavy atom. The van der Waals surface area contributed by atoms with Gasteiger partial charge in [0.25, 0.3) is 0 Å². The standard InChI is InChI=1S/C25H21ClN4O3S/c26-20-9-5-4-8-19(20)24-28-29-25(30(24)15-17-6-2-1-3-7-17)34-16-23(31)27-18-10-11-21-22(14-18)33-13-12-32-21/h1-11,14H,12-13,15-16H2,(H,27,31). The minimum Gasteiger partial charge on any atom is -0.486 e. The van der Waals surface area contributed by atoms with Gasteiger partial charge in [-0.25, -0.2) is 0 Å². The molecule has 9 heteroatoms. The molecule has 1 aliphatic rings. The van der Waals surface area contributed by atoms with Gasteiger partial charge in [0.15, 0.2) is 22.5 Å². The molecule has 0 spiro atoms. The lowest BCUT2D eigenvalue weighted by Crippen LogP contribution is -2.17. The van der Waals surface area contributed by atoms with E-state index < -0.39 is 0 Å². The lowest BCUT2D eigenvalue weighted by atomic mass is 10.2. The Bertz CT molecular complexity index is 1310. The van der Waals surface area contributed by atoms with E-state index in [0.29, 0.717) is 52.9 Å². The van der Waals surface area contributed by atoms with Gasteiger partial charge in [0.2, 0.25) is 5.91 Å². The summed E-state index contributed by atoms with van der Waals surface area (Å²) in [5.41, 5.74) is 2.54. The number of nitrogens with one attached hydrogen (secondary N) is 1. The summed E-state index contributed by atoms with van der Waals surface area (Å²) in [4.78, 5) is 12.7. The molecular formula is C25H21ClN4O3S. The van der Waals surface area contributed by atoms with Crippen LogP contribution in [-0.4, -0.2) is 39.6 Å². The molecule has 0 atom stereocenters. The van der Waals surface area contributed by atoms with Gasteiger partial charge in [-0.3, -0.25) is 9.36 Å². The average molecular weight is 493 g/mol. The zero-order valence-electron chi connectivity index (χ0n) is 18.1. The van der Waals surface area contributed by atoms with Crippen LogP contribution in [0.5, 0.6) is 11.5 Å². The number of hydrogen-bond acceptors (Lipinski definition) is 6. The number of thioether (sulfide) groups is 1. The number of ether oxygens (including phenoxy) is 2. The molecule has 34 heavy (non-hydrogen) atoms. The van der Waals surface area contributed by atoms with Gasteiger partial charge in [-0.1, -0.05) is 65.8 Å². The highest BCUT2D eigenvalue weighted by Crippen LogP contribution is 2.33. The fraction of sp³-hybridized carbons (Fsp3) is 0.160. The first kappa shape index (κ1) is 22.3. The topological polar surface area (TPSA) is 78.3 Å². The maximum Gasteiger partial charge on any atom is 0.234 e. The SMILES string of the molecule is O=C(CSc1nnc(-c2ccccc2Cl)n1Cc1ccccc1)Nc1ccc2c(c1)OCCO2. The first-order chi connectivity index (χ1) is 16.7. The number of carbonyl (C=O) groups excluding carboxylic acids is 1. The molecule has 1 N–H and O–H groups in total. The summed E-state index contributed by atoms with van der Waals surface area (Å²) < 4.78 is 13.1. The van der Waals surface area contributed by atoms with Gasteiger partial charge in [0.1, 0.15) is 13.2 Å². The Hall–Kier alpha value is -3.49. The van der Waals surface area contributed by atoms with Crippen molar-refractivity contribution in [3.8, 4) is 22.9 Å². The van der Waals surface area contributed by atoms with Gasteiger partial charge >= 0.3 is 0 Å². The highest BCUT2D eigenvalue weighted by molar-refractivity contribution is 7.99. The maximum atomic E-state index is 12.7. The first-order valence-corrected chi connectivity index (χ1v) is 12.1. The number of benzene rings is 3. The van der Waals surface area contributed by atoms with E-state index in [0.717, 1.165) is 11.1 Å². The Labute approximate surface area is 206 Å². The Morgan fingerprint density at radius 2 is 1.74 bits per heavy atom. The Balaban J connectivity index is 1.34. The minimum absolute atomic E-state index is 0.157. The lowest BCUT2D eigenvalue weighted by Gasteiger charge is -2.19. The van der Waals surface area contributed by atoms with Crippen molar-refractivity contribution >= 4 is 35.0 Å². The summed E-state index contributed by atoms with van der Waals surface area (Å²) in [6.07, 6.45) is 0. The number of amides is 1. The highest BCUT2D eigenvalue weighted by atomic mass is 35.5. The maximum absolute atomic E-state index is 12.7. The van der Waals surface area contributed by atoms with Crippen LogP contribution in [0.15, 0.2) is 78.0 Å². The van der Waals surface area contributed by atoms with Crippen molar-refractivity contribution in [3.63, 3.8) is 0 Å². The summed E-state index contributed by atoms with van der Waals surface area (Å²) in [5.74, 6) is 1.98. The smallest absolute Gasteiger partial charge is 0.234 e. The number of hydrogen-bond donors (Lipinski definition) is 1. The molecule has 0 saturated carbocycles. The average Bonchev–Trinajstić information content (AvgIpc) is 3.25. The normalized spacial score (nSPS) is 12.4. The molecule has 0 saturated heterocycles. The van der Waals surface area contributed by atoms with Gasteiger partial charge in [0, 0.05) is 17.3 Å². The largest absolute Gasteiger partial charge is 0.486 e. The van der Waals surface area contributed by atoms with E-state index >= 15 is 0 Å². The van der Waals surface area contributed by atoms with Gasteiger partial charge in [0.05, 0.1) is 17.3 Å². The summed E-state index contributed by atoms with van der Waals surface area (Å²) in [6, 6.07) is 22.9. The zero-order valence-corrected chi connectivity index (χ0v) is 19.7. The van der Waals surface area contributed by atoms with Crippen LogP contribution in [0.1, 0.15) is 5.56 Å². The summed E-state index contributed by atoms with van der Waals surface area (Å²) in [5, 5.41) is 12.9. The van der Waals surface area contributed by atoms with E-state index in [9.17, 15) is 4.79 Å². The van der Waals surface area contributed by atoms with Crippen molar-refractivity contribution in [1.29, 1.82) is 0 Å². The van der Waals surface area contributed by atoms with E-state index in [1.165, 1.54) is 11.8 Å². The molecular weight excluding hydrogens is 472 g/mol. The van der Waals surface area contributed by atoms with Crippen LogP contribution < -0.4 is 14.8 Å². The number of anilines is 1. The van der Waals surface area contributed by atoms with Crippen LogP contribution in [0.25, 0.3) is 11.4 Å². The molecule has 0 fully saturated rings. The van der Waals surface area contributed by atoms with Crippen LogP contribution in [-0.2, 0) is 11.3 Å². The van der Waals surface area contributed by atoms with E-state index in [1.54, 1.807) is 18.2 Å². The van der Waals surface area contributed by atoms with Gasteiger partial charge < -0.3 is 14.8 Å². The minimum atomic E-state index is -0.157. The van der Waals surface area contributed by atoms with Crippen molar-refractivity contribution in [3.05, 3.63) is 83.4 Å². The van der Waals surface area contributed by atoms with Gasteiger partial charge in [-0.15, -0.1) is 10.2 Å². The monoisotopic (exact) mass is 492 g/mol. The molecule has 1 amide bonds. The quantitative estimate of drug-likeness (QED) is 0.359. The fourth-order valence-corrected chi connectivity index (χ4v) is 4.55. The van der Waals surface area contributed by atoms with Crippen molar-refractivity contribution in [2.45, 2.75) is 11.7 Å². The molecule has 7 nitrogen and oxygen atoms in total. The molecule has 1 aliphatic heterocycles. The van der Waals surface area contributed by atoms with Crippen molar-refractivity contribution in [1.82, 2.24) is 14.8 Å². The first-order valence-electron chi connectivity index (χ1n) is 10.7. The number of aromatic nitrogens is 3. The Kier molecular flexibility index (Phi) is 6.69. The number of nitrogens with zero attached hydrogens (tertiary/aromatic N) is 3. The van der Waals surface area contributed by atoms with Gasteiger partial charge in [-0.2, -0.15) is 0 Å². The second kappa shape index (κ2) is 10.2. The van der Waals surface area contributed by atoms with Crippen LogP contribution in [0, 0.1) is 0 Å². The van der Waals surface area contributed by atoms with Crippen molar-refractivity contribution < 1.29 is 14.3 Å². The van der Waals surface area contributed by atoms with Crippen LogP contribution >= 0.6 is 23.4 Å². The number of rotatable bonds is 7. The number of carbonyl (C=O) groups is 1. The summed E-state index contributed by atoms with van der Waals surface area (Å²) in [7, 11) is 0. The number of fused-ring (bicyclic) bond motifs is 1. The zero-order chi connectivity index (χ0) is 23.3. The van der Waals surface area contributed by atoms with Crippen molar-refractivity contribution in [2.24, 2.45) is 0 Å². The molecule has 0 aliphatic carbocycles. The Morgan fingerprint density at radius 3 is 2.56 bits per heavy atom. The molecule has 3 aromatic carbocycles. The summed E-state index contributed by atoms with van der Waals surface area (Å²) in [6.45, 7) is 1.57. The highest BCUT2D eigenvalue weighted by Gasteiger charge is 2.18. The number of halogens is 1. The molecule has 0 radical (unpaired) electrons. The molecule has 5 rings (SSSR count). The lowest BCUT2D eigenvalue weighted by molar-refractivity contribution is -0.113. The second-order valence-electron chi connectivity index (χ2n) is 7.55. The van der Waals surface area contributed by atoms with E-state index in [-0.39, 0.29) is 11.7 Å². The second-order valence-corrected chi connectivity index (χ2v) is 8.90. The molecule has 2 heterocycles. The van der Waals surface area contributed by atoms with E-state index in [1.807, 2.05) is 59.2 Å². The van der Waals surface area contributed by atoms with Gasteiger partial charge in [-0.05, 0) is 29.8 Å². The van der Waals surface area contributed by atoms with E-state index in [4.69, 9.17) is 21.1 Å².